The molecule has 0 heterocycles. The molecule has 1 aliphatic carbocycles. The molecule has 6 heteroatoms. The molecule has 2 unspecified atom stereocenters. The van der Waals surface area contributed by atoms with E-state index in [9.17, 15) is 13.2 Å². The molecule has 0 fully saturated rings. The van der Waals surface area contributed by atoms with E-state index in [1.165, 1.54) is 16.7 Å². The number of benzene rings is 2. The Morgan fingerprint density at radius 3 is 2.65 bits per heavy atom. The number of aryl methyl sites for hydroxylation is 1. The van der Waals surface area contributed by atoms with E-state index in [1.807, 2.05) is 37.3 Å². The second kappa shape index (κ2) is 10.7. The van der Waals surface area contributed by atoms with Gasteiger partial charge >= 0.3 is 0 Å². The molecular weight excluding hydrogens is 408 g/mol. The highest BCUT2D eigenvalue weighted by Crippen LogP contribution is 2.35. The maximum absolute atomic E-state index is 11.8. The summed E-state index contributed by atoms with van der Waals surface area (Å²) in [5, 5.41) is 3.16. The van der Waals surface area contributed by atoms with Gasteiger partial charge in [-0.1, -0.05) is 67.6 Å². The maximum atomic E-state index is 11.8. The van der Waals surface area contributed by atoms with E-state index in [1.54, 1.807) is 6.92 Å². The third-order valence-corrected chi connectivity index (χ3v) is 7.22. The molecule has 5 nitrogen and oxygen atoms in total. The second-order valence-electron chi connectivity index (χ2n) is 8.17. The van der Waals surface area contributed by atoms with Crippen LogP contribution in [0.25, 0.3) is 6.08 Å². The van der Waals surface area contributed by atoms with Crippen molar-refractivity contribution >= 4 is 22.0 Å². The summed E-state index contributed by atoms with van der Waals surface area (Å²) in [6, 6.07) is 16.9. The van der Waals surface area contributed by atoms with Gasteiger partial charge in [-0.2, -0.15) is 0 Å². The van der Waals surface area contributed by atoms with Crippen LogP contribution in [-0.4, -0.2) is 32.7 Å². The number of amides is 1. The van der Waals surface area contributed by atoms with E-state index in [0.29, 0.717) is 6.42 Å². The van der Waals surface area contributed by atoms with E-state index in [0.717, 1.165) is 24.8 Å². The molecule has 0 bridgehead atoms. The Bertz CT molecular complexity index is 1020. The molecule has 1 aliphatic rings. The average Bonchev–Trinajstić information content (AvgIpc) is 2.73. The first-order valence-corrected chi connectivity index (χ1v) is 12.6. The van der Waals surface area contributed by atoms with Crippen LogP contribution in [-0.2, 0) is 27.7 Å². The largest absolute Gasteiger partial charge is 0.353 e. The van der Waals surface area contributed by atoms with Gasteiger partial charge in [0.2, 0.25) is 15.9 Å². The molecule has 0 aliphatic heterocycles. The van der Waals surface area contributed by atoms with Crippen LogP contribution in [0.2, 0.25) is 0 Å². The van der Waals surface area contributed by atoms with Crippen LogP contribution in [0.4, 0.5) is 0 Å². The Labute approximate surface area is 186 Å². The summed E-state index contributed by atoms with van der Waals surface area (Å²) in [6.45, 7) is 3.71. The molecule has 0 spiro atoms. The second-order valence-corrected chi connectivity index (χ2v) is 10.1. The van der Waals surface area contributed by atoms with Crippen LogP contribution >= 0.6 is 0 Å². The molecule has 0 aromatic heterocycles. The van der Waals surface area contributed by atoms with Gasteiger partial charge in [0.05, 0.1) is 5.75 Å². The van der Waals surface area contributed by atoms with Gasteiger partial charge in [0.15, 0.2) is 0 Å². The highest BCUT2D eigenvalue weighted by Gasteiger charge is 2.30. The summed E-state index contributed by atoms with van der Waals surface area (Å²) >= 11 is 0. The van der Waals surface area contributed by atoms with Crippen molar-refractivity contribution in [2.24, 2.45) is 0 Å². The Hall–Kier alpha value is -2.44. The van der Waals surface area contributed by atoms with Crippen LogP contribution < -0.4 is 10.0 Å². The van der Waals surface area contributed by atoms with E-state index in [2.05, 4.69) is 40.4 Å². The lowest BCUT2D eigenvalue weighted by Crippen LogP contribution is -2.41. The topological polar surface area (TPSA) is 75.3 Å². The third-order valence-electron chi connectivity index (χ3n) is 5.67. The monoisotopic (exact) mass is 440 g/mol. The third kappa shape index (κ3) is 6.77. The zero-order valence-corrected chi connectivity index (χ0v) is 19.1. The predicted octanol–water partition coefficient (Wildman–Crippen LogP) is 3.81. The molecule has 31 heavy (non-hydrogen) atoms. The normalized spacial score (nSPS) is 18.6. The lowest BCUT2D eigenvalue weighted by Gasteiger charge is -2.34. The maximum Gasteiger partial charge on any atom is 0.217 e. The van der Waals surface area contributed by atoms with Crippen molar-refractivity contribution in [3.8, 4) is 0 Å². The first-order chi connectivity index (χ1) is 14.9. The van der Waals surface area contributed by atoms with Gasteiger partial charge in [0.1, 0.15) is 0 Å². The van der Waals surface area contributed by atoms with E-state index < -0.39 is 10.0 Å². The highest BCUT2D eigenvalue weighted by molar-refractivity contribution is 7.89. The molecule has 2 aromatic carbocycles. The number of fused-ring (bicyclic) bond motifs is 1. The summed E-state index contributed by atoms with van der Waals surface area (Å²) in [6.07, 6.45) is 7.13. The van der Waals surface area contributed by atoms with Gasteiger partial charge < -0.3 is 5.32 Å². The van der Waals surface area contributed by atoms with Crippen molar-refractivity contribution in [3.05, 3.63) is 76.9 Å². The molecule has 3 rings (SSSR count). The number of hydrogen-bond acceptors (Lipinski definition) is 3. The molecule has 1 amide bonds. The van der Waals surface area contributed by atoms with Gasteiger partial charge in [0, 0.05) is 25.4 Å². The Balaban J connectivity index is 1.81. The Morgan fingerprint density at radius 1 is 1.16 bits per heavy atom. The fourth-order valence-corrected chi connectivity index (χ4v) is 5.32. The summed E-state index contributed by atoms with van der Waals surface area (Å²) in [7, 11) is -3.20. The van der Waals surface area contributed by atoms with Gasteiger partial charge in [-0.25, -0.2) is 13.1 Å². The molecule has 166 valence electrons. The molecule has 2 atom stereocenters. The predicted molar refractivity (Wildman–Crippen MR) is 126 cm³/mol. The molecular formula is C25H32N2O3S. The number of nitrogens with one attached hydrogen (secondary N) is 2. The van der Waals surface area contributed by atoms with Gasteiger partial charge in [-0.3, -0.25) is 4.79 Å². The van der Waals surface area contributed by atoms with Gasteiger partial charge in [0.25, 0.3) is 0 Å². The average molecular weight is 441 g/mol. The summed E-state index contributed by atoms with van der Waals surface area (Å²) < 4.78 is 26.2. The lowest BCUT2D eigenvalue weighted by molar-refractivity contribution is -0.119. The number of sulfonamides is 1. The Morgan fingerprint density at radius 2 is 1.94 bits per heavy atom. The van der Waals surface area contributed by atoms with E-state index in [-0.39, 0.29) is 30.2 Å². The van der Waals surface area contributed by atoms with Crippen molar-refractivity contribution in [1.29, 1.82) is 0 Å². The SMILES string of the molecule is CCCS(=O)(=O)NCC=Cc1ccc2c(c1)C(Cc1ccccc1)C(NC(C)=O)CC2. The molecule has 0 saturated carbocycles. The number of carbonyl (C=O) groups is 1. The minimum atomic E-state index is -3.20. The van der Waals surface area contributed by atoms with Gasteiger partial charge in [-0.15, -0.1) is 0 Å². The first kappa shape index (κ1) is 23.2. The van der Waals surface area contributed by atoms with Gasteiger partial charge in [-0.05, 0) is 47.9 Å². The zero-order valence-electron chi connectivity index (χ0n) is 18.3. The van der Waals surface area contributed by atoms with Crippen LogP contribution in [0.1, 0.15) is 54.9 Å². The van der Waals surface area contributed by atoms with E-state index >= 15 is 0 Å². The fourth-order valence-electron chi connectivity index (χ4n) is 4.28. The minimum absolute atomic E-state index is 0.00178. The van der Waals surface area contributed by atoms with Crippen molar-refractivity contribution in [2.75, 3.05) is 12.3 Å². The molecule has 2 aromatic rings. The highest BCUT2D eigenvalue weighted by atomic mass is 32.2. The smallest absolute Gasteiger partial charge is 0.217 e. The summed E-state index contributed by atoms with van der Waals surface area (Å²) in [4.78, 5) is 11.8. The Kier molecular flexibility index (Phi) is 8.04. The first-order valence-electron chi connectivity index (χ1n) is 11.0. The number of carbonyl (C=O) groups excluding carboxylic acids is 1. The number of rotatable bonds is 9. The van der Waals surface area contributed by atoms with Crippen LogP contribution in [0.3, 0.4) is 0 Å². The van der Waals surface area contributed by atoms with Crippen molar-refractivity contribution in [3.63, 3.8) is 0 Å². The van der Waals surface area contributed by atoms with Crippen molar-refractivity contribution in [1.82, 2.24) is 10.0 Å². The minimum Gasteiger partial charge on any atom is -0.353 e. The van der Waals surface area contributed by atoms with Crippen LogP contribution in [0.5, 0.6) is 0 Å². The van der Waals surface area contributed by atoms with Crippen molar-refractivity contribution < 1.29 is 13.2 Å². The summed E-state index contributed by atoms with van der Waals surface area (Å²) in [5.41, 5.74) is 4.88. The van der Waals surface area contributed by atoms with Crippen molar-refractivity contribution in [2.45, 2.75) is 51.5 Å². The van der Waals surface area contributed by atoms with E-state index in [4.69, 9.17) is 0 Å². The fraction of sp³-hybridized carbons (Fsp3) is 0.400. The molecule has 0 radical (unpaired) electrons. The molecule has 2 N–H and O–H groups in total. The zero-order chi connectivity index (χ0) is 22.3. The number of hydrogen-bond donors (Lipinski definition) is 2. The van der Waals surface area contributed by atoms with Crippen LogP contribution in [0, 0.1) is 0 Å². The standard InChI is InChI=1S/C25H32N2O3S/c1-3-16-31(29,30)26-15-7-10-21-11-12-22-13-14-25(27-19(2)28)24(23(22)17-21)18-20-8-5-4-6-9-20/h4-12,17,24-26H,3,13-16,18H2,1-2H3,(H,27,28). The summed E-state index contributed by atoms with van der Waals surface area (Å²) in [5.74, 6) is 0.346. The quantitative estimate of drug-likeness (QED) is 0.623. The van der Waals surface area contributed by atoms with Crippen LogP contribution in [0.15, 0.2) is 54.6 Å². The molecule has 0 saturated heterocycles. The lowest BCUT2D eigenvalue weighted by atomic mass is 9.75.